The number of hydrogen-bond donors (Lipinski definition) is 2. The zero-order chi connectivity index (χ0) is 19.0. The number of rotatable bonds is 11. The molecule has 1 heterocycles. The summed E-state index contributed by atoms with van der Waals surface area (Å²) in [7, 11) is 0. The van der Waals surface area contributed by atoms with E-state index in [1.165, 1.54) is 0 Å². The van der Waals surface area contributed by atoms with Gasteiger partial charge in [0.05, 0.1) is 13.2 Å². The van der Waals surface area contributed by atoms with Crippen molar-refractivity contribution in [3.8, 4) is 17.2 Å². The second-order valence-electron chi connectivity index (χ2n) is 6.99. The van der Waals surface area contributed by atoms with E-state index in [0.717, 1.165) is 49.2 Å². The summed E-state index contributed by atoms with van der Waals surface area (Å²) in [5, 5.41) is 24.4. The molecule has 1 aromatic heterocycles. The third-order valence-corrected chi connectivity index (χ3v) is 4.48. The summed E-state index contributed by atoms with van der Waals surface area (Å²) < 4.78 is 11.3. The predicted molar refractivity (Wildman–Crippen MR) is 99.8 cm³/mol. The number of aromatic nitrogens is 4. The monoisotopic (exact) mass is 408 g/mol. The maximum atomic E-state index is 10.0. The number of phenolic OH excluding ortho intramolecular Hbond substituents is 1. The molecule has 2 aromatic rings. The second-order valence-corrected chi connectivity index (χ2v) is 6.99. The Morgan fingerprint density at radius 3 is 2.39 bits per heavy atom. The Morgan fingerprint density at radius 2 is 1.79 bits per heavy atom. The number of aryl methyl sites for hydroxylation is 1. The fourth-order valence-corrected chi connectivity index (χ4v) is 2.86. The Kier molecular flexibility index (Phi) is 13.7. The molecule has 9 heteroatoms. The van der Waals surface area contributed by atoms with Crippen molar-refractivity contribution in [2.45, 2.75) is 65.2 Å². The van der Waals surface area contributed by atoms with Gasteiger partial charge in [-0.1, -0.05) is 38.8 Å². The molecule has 7 nitrogen and oxygen atoms in total. The van der Waals surface area contributed by atoms with E-state index in [9.17, 15) is 5.11 Å². The molecule has 28 heavy (non-hydrogen) atoms. The van der Waals surface area contributed by atoms with Crippen molar-refractivity contribution in [1.82, 2.24) is 20.6 Å². The standard InChI is InChI=1S/C19H30N4O3.2Na/c1-5-14-12-17(25-6-2)15(24)13-16(14)26-11-9-7-8-10-19(3,4)18-20-22-23-21-18;;/h12-13,24H,5-11H2,1-4H3,(H,20,21,22,23);;/q;2*+1. The third-order valence-electron chi connectivity index (χ3n) is 4.48. The van der Waals surface area contributed by atoms with Crippen LogP contribution in [0.2, 0.25) is 0 Å². The van der Waals surface area contributed by atoms with E-state index in [1.54, 1.807) is 6.07 Å². The van der Waals surface area contributed by atoms with Crippen LogP contribution >= 0.6 is 0 Å². The number of hydrogen-bond acceptors (Lipinski definition) is 6. The number of aromatic hydroxyl groups is 1. The first kappa shape index (κ1) is 27.7. The van der Waals surface area contributed by atoms with E-state index in [4.69, 9.17) is 9.47 Å². The Balaban J connectivity index is 0.00000364. The van der Waals surface area contributed by atoms with Crippen molar-refractivity contribution in [1.29, 1.82) is 0 Å². The van der Waals surface area contributed by atoms with Gasteiger partial charge < -0.3 is 14.6 Å². The molecule has 0 unspecified atom stereocenters. The van der Waals surface area contributed by atoms with Crippen molar-refractivity contribution in [2.75, 3.05) is 13.2 Å². The second kappa shape index (κ2) is 13.8. The number of H-pyrrole nitrogens is 1. The van der Waals surface area contributed by atoms with Gasteiger partial charge in [0.15, 0.2) is 17.3 Å². The molecule has 144 valence electrons. The SMILES string of the molecule is CCOc1cc(CC)c(OCCCCCC(C)(C)c2nn[nH]n2)cc1O.[Na+].[Na+]. The van der Waals surface area contributed by atoms with Gasteiger partial charge in [-0.05, 0) is 37.8 Å². The molecule has 2 N–H and O–H groups in total. The van der Waals surface area contributed by atoms with Crippen LogP contribution in [-0.2, 0) is 11.8 Å². The van der Waals surface area contributed by atoms with Gasteiger partial charge in [-0.3, -0.25) is 0 Å². The molecule has 0 saturated heterocycles. The molecule has 2 rings (SSSR count). The Morgan fingerprint density at radius 1 is 1.04 bits per heavy atom. The van der Waals surface area contributed by atoms with Gasteiger partial charge >= 0.3 is 59.1 Å². The predicted octanol–water partition coefficient (Wildman–Crippen LogP) is -2.21. The molecule has 0 fully saturated rings. The fourth-order valence-electron chi connectivity index (χ4n) is 2.86. The normalized spacial score (nSPS) is 10.7. The van der Waals surface area contributed by atoms with Gasteiger partial charge in [0.2, 0.25) is 0 Å². The van der Waals surface area contributed by atoms with Crippen LogP contribution in [0.4, 0.5) is 0 Å². The van der Waals surface area contributed by atoms with Crippen LogP contribution in [0.1, 0.15) is 64.8 Å². The number of aromatic amines is 1. The number of benzene rings is 1. The number of ether oxygens (including phenoxy) is 2. The van der Waals surface area contributed by atoms with Crippen molar-refractivity contribution < 1.29 is 73.7 Å². The van der Waals surface area contributed by atoms with Crippen LogP contribution in [-0.4, -0.2) is 38.9 Å². The summed E-state index contributed by atoms with van der Waals surface area (Å²) in [5.41, 5.74) is 0.967. The molecule has 0 bridgehead atoms. The zero-order valence-electron chi connectivity index (χ0n) is 18.2. The zero-order valence-corrected chi connectivity index (χ0v) is 22.2. The summed E-state index contributed by atoms with van der Waals surface area (Å²) in [6.45, 7) is 9.37. The quantitative estimate of drug-likeness (QED) is 0.324. The van der Waals surface area contributed by atoms with Crippen molar-refractivity contribution in [3.63, 3.8) is 0 Å². The molecular formula is C19H30N4Na2O3+2. The van der Waals surface area contributed by atoms with Crippen LogP contribution in [0.15, 0.2) is 12.1 Å². The Hall–Kier alpha value is -0.310. The van der Waals surface area contributed by atoms with E-state index in [0.29, 0.717) is 19.0 Å². The molecule has 0 radical (unpaired) electrons. The topological polar surface area (TPSA) is 93.2 Å². The summed E-state index contributed by atoms with van der Waals surface area (Å²) in [6, 6.07) is 3.52. The van der Waals surface area contributed by atoms with E-state index >= 15 is 0 Å². The van der Waals surface area contributed by atoms with Crippen LogP contribution in [0, 0.1) is 0 Å². The number of nitrogens with one attached hydrogen (secondary N) is 1. The smallest absolute Gasteiger partial charge is 0.504 e. The van der Waals surface area contributed by atoms with E-state index in [-0.39, 0.29) is 70.3 Å². The number of tetrazole rings is 1. The summed E-state index contributed by atoms with van der Waals surface area (Å²) in [5.74, 6) is 2.13. The van der Waals surface area contributed by atoms with Crippen LogP contribution in [0.25, 0.3) is 0 Å². The largest absolute Gasteiger partial charge is 1.00 e. The fraction of sp³-hybridized carbons (Fsp3) is 0.632. The summed E-state index contributed by atoms with van der Waals surface area (Å²) in [4.78, 5) is 0. The average molecular weight is 408 g/mol. The van der Waals surface area contributed by atoms with Gasteiger partial charge in [-0.2, -0.15) is 5.21 Å². The summed E-state index contributed by atoms with van der Waals surface area (Å²) in [6.07, 6.45) is 4.91. The molecule has 0 aliphatic heterocycles. The molecule has 0 spiro atoms. The van der Waals surface area contributed by atoms with Crippen molar-refractivity contribution >= 4 is 0 Å². The first-order valence-corrected chi connectivity index (χ1v) is 9.33. The van der Waals surface area contributed by atoms with Crippen LogP contribution in [0.5, 0.6) is 17.2 Å². The molecule has 1 aromatic carbocycles. The first-order chi connectivity index (χ1) is 12.5. The number of nitrogens with zero attached hydrogens (tertiary/aromatic N) is 3. The minimum Gasteiger partial charge on any atom is -0.504 e. The van der Waals surface area contributed by atoms with E-state index in [1.807, 2.05) is 13.0 Å². The van der Waals surface area contributed by atoms with Crippen LogP contribution < -0.4 is 68.6 Å². The van der Waals surface area contributed by atoms with Gasteiger partial charge in [-0.25, -0.2) is 0 Å². The Bertz CT molecular complexity index is 682. The van der Waals surface area contributed by atoms with E-state index in [2.05, 4.69) is 41.4 Å². The number of phenols is 1. The maximum Gasteiger partial charge on any atom is 1.00 e. The minimum absolute atomic E-state index is 0. The van der Waals surface area contributed by atoms with Gasteiger partial charge in [0.25, 0.3) is 0 Å². The van der Waals surface area contributed by atoms with E-state index < -0.39 is 0 Å². The van der Waals surface area contributed by atoms with Crippen molar-refractivity contribution in [3.05, 3.63) is 23.5 Å². The summed E-state index contributed by atoms with van der Waals surface area (Å²) >= 11 is 0. The molecular weight excluding hydrogens is 378 g/mol. The number of unbranched alkanes of at least 4 members (excludes halogenated alkanes) is 2. The van der Waals surface area contributed by atoms with Gasteiger partial charge in [-0.15, -0.1) is 10.2 Å². The first-order valence-electron chi connectivity index (χ1n) is 9.33. The molecule has 0 aliphatic rings. The minimum atomic E-state index is -0.0792. The van der Waals surface area contributed by atoms with Crippen molar-refractivity contribution in [2.24, 2.45) is 0 Å². The van der Waals surface area contributed by atoms with Gasteiger partial charge in [0.1, 0.15) is 5.75 Å². The Labute approximate surface area is 211 Å². The molecule has 0 amide bonds. The van der Waals surface area contributed by atoms with Gasteiger partial charge in [0, 0.05) is 11.5 Å². The third kappa shape index (κ3) is 8.20. The molecule has 0 aliphatic carbocycles. The maximum absolute atomic E-state index is 10.0. The molecule has 0 atom stereocenters. The molecule has 0 saturated carbocycles. The average Bonchev–Trinajstić information content (AvgIpc) is 3.15. The van der Waals surface area contributed by atoms with Crippen LogP contribution in [0.3, 0.4) is 0 Å².